The molecule has 0 aliphatic rings. The summed E-state index contributed by atoms with van der Waals surface area (Å²) in [5.41, 5.74) is 2.85. The van der Waals surface area contributed by atoms with E-state index in [0.717, 1.165) is 21.1 Å². The minimum atomic E-state index is -0.415. The molecule has 0 bridgehead atoms. The zero-order valence-electron chi connectivity index (χ0n) is 10.2. The standard InChI is InChI=1S/C14H9BrClFN2S/c15-9-2-4-13-12(6-9)18-14(20)19(13)7-8-1-3-11(17)10(16)5-8/h1-6H,7H2,(H,18,20). The van der Waals surface area contributed by atoms with E-state index in [-0.39, 0.29) is 5.02 Å². The maximum atomic E-state index is 13.2. The summed E-state index contributed by atoms with van der Waals surface area (Å²) in [6.45, 7) is 0.542. The summed E-state index contributed by atoms with van der Waals surface area (Å²) in [7, 11) is 0. The molecule has 102 valence electrons. The number of aromatic nitrogens is 2. The van der Waals surface area contributed by atoms with Crippen LogP contribution in [0.1, 0.15) is 5.56 Å². The van der Waals surface area contributed by atoms with Gasteiger partial charge in [-0.15, -0.1) is 0 Å². The lowest BCUT2D eigenvalue weighted by atomic mass is 10.2. The predicted octanol–water partition coefficient (Wildman–Crippen LogP) is 5.30. The lowest BCUT2D eigenvalue weighted by molar-refractivity contribution is 0.627. The SMILES string of the molecule is Fc1ccc(Cn2c(=S)[nH]c3cc(Br)ccc32)cc1Cl. The lowest BCUT2D eigenvalue weighted by Crippen LogP contribution is -2.00. The second-order valence-corrected chi connectivity index (χ2v) is 6.14. The molecule has 2 nitrogen and oxygen atoms in total. The second-order valence-electron chi connectivity index (χ2n) is 4.43. The summed E-state index contributed by atoms with van der Waals surface area (Å²) in [6, 6.07) is 10.6. The van der Waals surface area contributed by atoms with Crippen LogP contribution < -0.4 is 0 Å². The third kappa shape index (κ3) is 2.53. The van der Waals surface area contributed by atoms with Crippen molar-refractivity contribution >= 4 is 50.8 Å². The molecule has 1 heterocycles. The second kappa shape index (κ2) is 5.31. The summed E-state index contributed by atoms with van der Waals surface area (Å²) in [6.07, 6.45) is 0. The van der Waals surface area contributed by atoms with Gasteiger partial charge in [0, 0.05) is 4.47 Å². The molecule has 1 N–H and O–H groups in total. The molecule has 2 aromatic carbocycles. The van der Waals surface area contributed by atoms with Gasteiger partial charge in [0.2, 0.25) is 0 Å². The molecule has 3 aromatic rings. The van der Waals surface area contributed by atoms with E-state index < -0.39 is 5.82 Å². The van der Waals surface area contributed by atoms with Crippen molar-refractivity contribution in [3.05, 3.63) is 62.0 Å². The molecule has 0 aliphatic heterocycles. The molecule has 1 aromatic heterocycles. The molecule has 3 rings (SSSR count). The van der Waals surface area contributed by atoms with Crippen molar-refractivity contribution in [2.24, 2.45) is 0 Å². The first-order chi connectivity index (χ1) is 9.54. The van der Waals surface area contributed by atoms with Crippen LogP contribution >= 0.6 is 39.7 Å². The molecule has 0 aliphatic carbocycles. The van der Waals surface area contributed by atoms with Gasteiger partial charge in [0.15, 0.2) is 4.77 Å². The number of H-pyrrole nitrogens is 1. The first-order valence-electron chi connectivity index (χ1n) is 5.86. The van der Waals surface area contributed by atoms with Crippen molar-refractivity contribution in [1.29, 1.82) is 0 Å². The smallest absolute Gasteiger partial charge is 0.178 e. The Morgan fingerprint density at radius 1 is 1.25 bits per heavy atom. The number of nitrogens with zero attached hydrogens (tertiary/aromatic N) is 1. The van der Waals surface area contributed by atoms with E-state index in [1.807, 2.05) is 22.8 Å². The average molecular weight is 372 g/mol. The van der Waals surface area contributed by atoms with Gasteiger partial charge in [0.05, 0.1) is 22.6 Å². The van der Waals surface area contributed by atoms with Crippen molar-refractivity contribution in [2.75, 3.05) is 0 Å². The van der Waals surface area contributed by atoms with Crippen molar-refractivity contribution < 1.29 is 4.39 Å². The van der Waals surface area contributed by atoms with Crippen molar-refractivity contribution in [3.8, 4) is 0 Å². The highest BCUT2D eigenvalue weighted by molar-refractivity contribution is 9.10. The fourth-order valence-corrected chi connectivity index (χ4v) is 2.95. The zero-order valence-corrected chi connectivity index (χ0v) is 13.3. The van der Waals surface area contributed by atoms with Crippen LogP contribution in [0.5, 0.6) is 0 Å². The van der Waals surface area contributed by atoms with Gasteiger partial charge < -0.3 is 9.55 Å². The predicted molar refractivity (Wildman–Crippen MR) is 85.3 cm³/mol. The number of fused-ring (bicyclic) bond motifs is 1. The van der Waals surface area contributed by atoms with E-state index >= 15 is 0 Å². The number of aromatic amines is 1. The Labute approximate surface area is 133 Å². The van der Waals surface area contributed by atoms with Gasteiger partial charge in [-0.25, -0.2) is 4.39 Å². The molecule has 0 saturated carbocycles. The van der Waals surface area contributed by atoms with Gasteiger partial charge in [0.25, 0.3) is 0 Å². The number of imidazole rings is 1. The number of hydrogen-bond donors (Lipinski definition) is 1. The highest BCUT2D eigenvalue weighted by Crippen LogP contribution is 2.22. The van der Waals surface area contributed by atoms with Crippen molar-refractivity contribution in [3.63, 3.8) is 0 Å². The minimum absolute atomic E-state index is 0.122. The topological polar surface area (TPSA) is 20.7 Å². The van der Waals surface area contributed by atoms with E-state index in [9.17, 15) is 4.39 Å². The summed E-state index contributed by atoms with van der Waals surface area (Å²) in [5.74, 6) is -0.415. The number of halogens is 3. The Morgan fingerprint density at radius 2 is 2.05 bits per heavy atom. The Bertz CT molecular complexity index is 856. The third-order valence-corrected chi connectivity index (χ3v) is 4.17. The maximum Gasteiger partial charge on any atom is 0.178 e. The normalized spacial score (nSPS) is 11.2. The van der Waals surface area contributed by atoms with Crippen molar-refractivity contribution in [2.45, 2.75) is 6.54 Å². The van der Waals surface area contributed by atoms with Gasteiger partial charge in [-0.1, -0.05) is 33.6 Å². The molecule has 0 fully saturated rings. The largest absolute Gasteiger partial charge is 0.331 e. The van der Waals surface area contributed by atoms with Gasteiger partial charge in [-0.2, -0.15) is 0 Å². The maximum absolute atomic E-state index is 13.2. The average Bonchev–Trinajstić information content (AvgIpc) is 2.69. The van der Waals surface area contributed by atoms with Crippen LogP contribution in [0.25, 0.3) is 11.0 Å². The number of nitrogens with one attached hydrogen (secondary N) is 1. The monoisotopic (exact) mass is 370 g/mol. The van der Waals surface area contributed by atoms with Crippen LogP contribution in [0, 0.1) is 10.6 Å². The summed E-state index contributed by atoms with van der Waals surface area (Å²) < 4.78 is 16.8. The van der Waals surface area contributed by atoms with Crippen LogP contribution in [0.4, 0.5) is 4.39 Å². The van der Waals surface area contributed by atoms with Crippen LogP contribution in [0.3, 0.4) is 0 Å². The van der Waals surface area contributed by atoms with Gasteiger partial charge in [-0.05, 0) is 48.1 Å². The van der Waals surface area contributed by atoms with Gasteiger partial charge >= 0.3 is 0 Å². The van der Waals surface area contributed by atoms with Crippen LogP contribution in [0.15, 0.2) is 40.9 Å². The summed E-state index contributed by atoms with van der Waals surface area (Å²) >= 11 is 14.6. The molecule has 6 heteroatoms. The van der Waals surface area contributed by atoms with E-state index in [2.05, 4.69) is 20.9 Å². The van der Waals surface area contributed by atoms with E-state index in [4.69, 9.17) is 23.8 Å². The zero-order chi connectivity index (χ0) is 14.3. The highest BCUT2D eigenvalue weighted by atomic mass is 79.9. The molecular weight excluding hydrogens is 363 g/mol. The number of rotatable bonds is 2. The molecular formula is C14H9BrClFN2S. The Kier molecular flexibility index (Phi) is 3.67. The lowest BCUT2D eigenvalue weighted by Gasteiger charge is -2.06. The fourth-order valence-electron chi connectivity index (χ4n) is 2.11. The Morgan fingerprint density at radius 3 is 2.80 bits per heavy atom. The Hall–Kier alpha value is -1.17. The number of benzene rings is 2. The molecule has 0 unspecified atom stereocenters. The van der Waals surface area contributed by atoms with Crippen molar-refractivity contribution in [1.82, 2.24) is 9.55 Å². The van der Waals surface area contributed by atoms with Gasteiger partial charge in [-0.3, -0.25) is 0 Å². The number of hydrogen-bond acceptors (Lipinski definition) is 1. The minimum Gasteiger partial charge on any atom is -0.331 e. The molecule has 0 radical (unpaired) electrons. The molecule has 0 saturated heterocycles. The first kappa shape index (κ1) is 13.8. The van der Waals surface area contributed by atoms with Crippen LogP contribution in [0.2, 0.25) is 5.02 Å². The molecule has 20 heavy (non-hydrogen) atoms. The summed E-state index contributed by atoms with van der Waals surface area (Å²) in [5, 5.41) is 0.122. The first-order valence-corrected chi connectivity index (χ1v) is 7.44. The van der Waals surface area contributed by atoms with E-state index in [0.29, 0.717) is 11.3 Å². The quantitative estimate of drug-likeness (QED) is 0.606. The van der Waals surface area contributed by atoms with Gasteiger partial charge in [0.1, 0.15) is 5.82 Å². The molecule has 0 atom stereocenters. The highest BCUT2D eigenvalue weighted by Gasteiger charge is 2.07. The molecule has 0 amide bonds. The molecule has 0 spiro atoms. The van der Waals surface area contributed by atoms with E-state index in [1.165, 1.54) is 6.07 Å². The van der Waals surface area contributed by atoms with Crippen LogP contribution in [-0.2, 0) is 6.54 Å². The van der Waals surface area contributed by atoms with Crippen LogP contribution in [-0.4, -0.2) is 9.55 Å². The fraction of sp³-hybridized carbons (Fsp3) is 0.0714. The Balaban J connectivity index is 2.08. The summed E-state index contributed by atoms with van der Waals surface area (Å²) in [4.78, 5) is 3.15. The van der Waals surface area contributed by atoms with E-state index in [1.54, 1.807) is 12.1 Å². The third-order valence-electron chi connectivity index (χ3n) is 3.06.